The van der Waals surface area contributed by atoms with Gasteiger partial charge in [0, 0.05) is 24.6 Å². The van der Waals surface area contributed by atoms with Gasteiger partial charge in [-0.05, 0) is 63.1 Å². The number of sulfonamides is 1. The Balaban J connectivity index is 1.41. The first-order chi connectivity index (χ1) is 14.5. The summed E-state index contributed by atoms with van der Waals surface area (Å²) in [5.41, 5.74) is 2.05. The molecule has 0 aliphatic carbocycles. The van der Waals surface area contributed by atoms with Crippen molar-refractivity contribution in [1.29, 1.82) is 0 Å². The van der Waals surface area contributed by atoms with E-state index in [9.17, 15) is 8.42 Å². The Kier molecular flexibility index (Phi) is 5.87. The Morgan fingerprint density at radius 1 is 1.03 bits per heavy atom. The molecule has 2 aromatic carbocycles. The Morgan fingerprint density at radius 2 is 1.70 bits per heavy atom. The van der Waals surface area contributed by atoms with Crippen LogP contribution in [0.5, 0.6) is 5.75 Å². The van der Waals surface area contributed by atoms with Crippen LogP contribution in [0.2, 0.25) is 0 Å². The van der Waals surface area contributed by atoms with Crippen molar-refractivity contribution in [2.24, 2.45) is 0 Å². The summed E-state index contributed by atoms with van der Waals surface area (Å²) in [7, 11) is -3.53. The van der Waals surface area contributed by atoms with E-state index in [0.717, 1.165) is 5.56 Å². The van der Waals surface area contributed by atoms with Crippen molar-refractivity contribution in [3.63, 3.8) is 0 Å². The van der Waals surface area contributed by atoms with Crippen molar-refractivity contribution in [2.75, 3.05) is 19.7 Å². The van der Waals surface area contributed by atoms with E-state index in [1.165, 1.54) is 9.87 Å². The zero-order valence-corrected chi connectivity index (χ0v) is 17.9. The zero-order chi connectivity index (χ0) is 21.1. The van der Waals surface area contributed by atoms with Crippen LogP contribution >= 0.6 is 0 Å². The van der Waals surface area contributed by atoms with E-state index in [4.69, 9.17) is 9.15 Å². The predicted octanol–water partition coefficient (Wildman–Crippen LogP) is 4.01. The van der Waals surface area contributed by atoms with Gasteiger partial charge in [-0.25, -0.2) is 8.42 Å². The zero-order valence-electron chi connectivity index (χ0n) is 17.1. The van der Waals surface area contributed by atoms with Crippen LogP contribution in [0.15, 0.2) is 57.8 Å². The average molecular weight is 428 g/mol. The summed E-state index contributed by atoms with van der Waals surface area (Å²) in [6, 6.07) is 14.5. The lowest BCUT2D eigenvalue weighted by Gasteiger charge is -2.29. The maximum atomic E-state index is 12.9. The van der Waals surface area contributed by atoms with E-state index in [1.807, 2.05) is 38.1 Å². The second kappa shape index (κ2) is 8.57. The van der Waals surface area contributed by atoms with Crippen LogP contribution in [0.25, 0.3) is 11.5 Å². The molecule has 3 aromatic rings. The van der Waals surface area contributed by atoms with Crippen LogP contribution in [0, 0.1) is 6.92 Å². The molecule has 0 saturated carbocycles. The molecule has 0 spiro atoms. The molecular weight excluding hydrogens is 402 g/mol. The fourth-order valence-electron chi connectivity index (χ4n) is 3.58. The highest BCUT2D eigenvalue weighted by atomic mass is 32.2. The third-order valence-electron chi connectivity index (χ3n) is 5.31. The van der Waals surface area contributed by atoms with Crippen LogP contribution in [-0.4, -0.2) is 42.6 Å². The molecule has 8 heteroatoms. The molecule has 7 nitrogen and oxygen atoms in total. The van der Waals surface area contributed by atoms with Gasteiger partial charge >= 0.3 is 0 Å². The minimum Gasteiger partial charge on any atom is -0.494 e. The number of ether oxygens (including phenoxy) is 1. The maximum Gasteiger partial charge on any atom is 0.247 e. The Morgan fingerprint density at radius 3 is 2.33 bits per heavy atom. The van der Waals surface area contributed by atoms with Gasteiger partial charge in [0.1, 0.15) is 5.75 Å². The van der Waals surface area contributed by atoms with Gasteiger partial charge in [0.2, 0.25) is 21.8 Å². The molecule has 30 heavy (non-hydrogen) atoms. The van der Waals surface area contributed by atoms with Gasteiger partial charge < -0.3 is 9.15 Å². The van der Waals surface area contributed by atoms with Crippen LogP contribution in [-0.2, 0) is 10.0 Å². The first kappa shape index (κ1) is 20.6. The lowest BCUT2D eigenvalue weighted by Crippen LogP contribution is -2.37. The summed E-state index contributed by atoms with van der Waals surface area (Å²) in [6.07, 6.45) is 1.29. The smallest absolute Gasteiger partial charge is 0.247 e. The number of nitrogens with zero attached hydrogens (tertiary/aromatic N) is 3. The van der Waals surface area contributed by atoms with E-state index in [0.29, 0.717) is 50.1 Å². The number of aryl methyl sites for hydroxylation is 1. The number of hydrogen-bond acceptors (Lipinski definition) is 6. The van der Waals surface area contributed by atoms with Crippen molar-refractivity contribution in [2.45, 2.75) is 37.5 Å². The first-order valence-corrected chi connectivity index (χ1v) is 11.5. The average Bonchev–Trinajstić information content (AvgIpc) is 3.25. The van der Waals surface area contributed by atoms with Gasteiger partial charge in [-0.2, -0.15) is 4.31 Å². The Labute approximate surface area is 176 Å². The summed E-state index contributed by atoms with van der Waals surface area (Å²) in [6.45, 7) is 5.30. The van der Waals surface area contributed by atoms with Gasteiger partial charge in [0.25, 0.3) is 0 Å². The highest BCUT2D eigenvalue weighted by Gasteiger charge is 2.32. The van der Waals surface area contributed by atoms with Crippen LogP contribution in [0.4, 0.5) is 0 Å². The number of benzene rings is 2. The number of hydrogen-bond donors (Lipinski definition) is 0. The number of aromatic nitrogens is 2. The molecule has 0 amide bonds. The quantitative estimate of drug-likeness (QED) is 0.591. The fraction of sp³-hybridized carbons (Fsp3) is 0.364. The van der Waals surface area contributed by atoms with Crippen molar-refractivity contribution < 1.29 is 17.6 Å². The Hall–Kier alpha value is -2.71. The minimum absolute atomic E-state index is 0.0588. The summed E-state index contributed by atoms with van der Waals surface area (Å²) in [5, 5.41) is 8.38. The molecule has 2 heterocycles. The maximum absolute atomic E-state index is 12.9. The topological polar surface area (TPSA) is 85.5 Å². The van der Waals surface area contributed by atoms with Crippen molar-refractivity contribution in [3.8, 4) is 17.2 Å². The van der Waals surface area contributed by atoms with Gasteiger partial charge in [0.05, 0.1) is 11.5 Å². The number of piperidine rings is 1. The molecule has 0 N–H and O–H groups in total. The Bertz CT molecular complexity index is 1080. The molecule has 0 radical (unpaired) electrons. The van der Waals surface area contributed by atoms with Gasteiger partial charge in [-0.1, -0.05) is 17.7 Å². The second-order valence-corrected chi connectivity index (χ2v) is 9.33. The van der Waals surface area contributed by atoms with Gasteiger partial charge in [-0.3, -0.25) is 0 Å². The molecule has 0 atom stereocenters. The fourth-order valence-corrected chi connectivity index (χ4v) is 5.05. The number of rotatable bonds is 6. The van der Waals surface area contributed by atoms with E-state index in [2.05, 4.69) is 10.2 Å². The highest BCUT2D eigenvalue weighted by Crippen LogP contribution is 2.32. The third-order valence-corrected chi connectivity index (χ3v) is 7.23. The van der Waals surface area contributed by atoms with E-state index in [1.54, 1.807) is 24.3 Å². The second-order valence-electron chi connectivity index (χ2n) is 7.39. The van der Waals surface area contributed by atoms with Crippen molar-refractivity contribution in [3.05, 3.63) is 60.0 Å². The molecule has 158 valence electrons. The molecule has 1 fully saturated rings. The summed E-state index contributed by atoms with van der Waals surface area (Å²) >= 11 is 0. The van der Waals surface area contributed by atoms with Crippen LogP contribution < -0.4 is 4.74 Å². The predicted molar refractivity (Wildman–Crippen MR) is 113 cm³/mol. The van der Waals surface area contributed by atoms with Gasteiger partial charge in [0.15, 0.2) is 0 Å². The van der Waals surface area contributed by atoms with Crippen LogP contribution in [0.1, 0.15) is 37.1 Å². The molecule has 4 rings (SSSR count). The molecule has 1 aromatic heterocycles. The van der Waals surface area contributed by atoms with Crippen molar-refractivity contribution >= 4 is 10.0 Å². The highest BCUT2D eigenvalue weighted by molar-refractivity contribution is 7.89. The lowest BCUT2D eigenvalue weighted by atomic mass is 9.98. The van der Waals surface area contributed by atoms with Gasteiger partial charge in [-0.15, -0.1) is 10.2 Å². The summed E-state index contributed by atoms with van der Waals surface area (Å²) in [4.78, 5) is 0.281. The first-order valence-electron chi connectivity index (χ1n) is 10.1. The molecule has 1 saturated heterocycles. The lowest BCUT2D eigenvalue weighted by molar-refractivity contribution is 0.291. The summed E-state index contributed by atoms with van der Waals surface area (Å²) < 4.78 is 38.7. The monoisotopic (exact) mass is 427 g/mol. The van der Waals surface area contributed by atoms with E-state index in [-0.39, 0.29) is 10.8 Å². The van der Waals surface area contributed by atoms with Crippen molar-refractivity contribution in [1.82, 2.24) is 14.5 Å². The van der Waals surface area contributed by atoms with Crippen LogP contribution in [0.3, 0.4) is 0 Å². The normalized spacial score (nSPS) is 15.9. The molecule has 0 unspecified atom stereocenters. The molecule has 1 aliphatic rings. The van der Waals surface area contributed by atoms with E-state index >= 15 is 0 Å². The molecular formula is C22H25N3O4S. The van der Waals surface area contributed by atoms with E-state index < -0.39 is 10.0 Å². The third kappa shape index (κ3) is 4.24. The minimum atomic E-state index is -3.53. The largest absolute Gasteiger partial charge is 0.494 e. The standard InChI is InChI=1S/C22H25N3O4S/c1-3-28-19-8-10-20(11-9-19)30(26,27)25-14-12-18(13-15-25)22-24-23-21(29-22)17-6-4-16(2)5-7-17/h4-11,18H,3,12-15H2,1-2H3. The molecule has 1 aliphatic heterocycles. The SMILES string of the molecule is CCOc1ccc(S(=O)(=O)N2CCC(c3nnc(-c4ccc(C)cc4)o3)CC2)cc1. The molecule has 0 bridgehead atoms. The summed E-state index contributed by atoms with van der Waals surface area (Å²) in [5.74, 6) is 1.79.